The van der Waals surface area contributed by atoms with Crippen LogP contribution >= 0.6 is 0 Å². The Balaban J connectivity index is 1.78. The van der Waals surface area contributed by atoms with Crippen molar-refractivity contribution in [2.75, 3.05) is 37.8 Å². The number of piperazine rings is 1. The van der Waals surface area contributed by atoms with Gasteiger partial charge < -0.3 is 19.6 Å². The summed E-state index contributed by atoms with van der Waals surface area (Å²) in [5.74, 6) is 0.732. The van der Waals surface area contributed by atoms with Crippen molar-refractivity contribution in [2.24, 2.45) is 0 Å². The number of nitrogens with zero attached hydrogens (tertiary/aromatic N) is 4. The number of rotatable bonds is 4. The number of hydrogen-bond donors (Lipinski definition) is 2. The van der Waals surface area contributed by atoms with Gasteiger partial charge in [-0.2, -0.15) is 0 Å². The molecule has 2 heterocycles. The van der Waals surface area contributed by atoms with Crippen LogP contribution in [0.3, 0.4) is 0 Å². The van der Waals surface area contributed by atoms with Crippen LogP contribution in [-0.4, -0.2) is 65.1 Å². The molecule has 1 aliphatic rings. The number of aromatic nitrogens is 2. The molecule has 0 radical (unpaired) electrons. The summed E-state index contributed by atoms with van der Waals surface area (Å²) in [5, 5.41) is 17.2. The zero-order valence-electron chi connectivity index (χ0n) is 9.44. The Bertz CT molecular complexity index is 332. The Morgan fingerprint density at radius 3 is 2.41 bits per heavy atom. The Hall–Kier alpha value is -1.22. The summed E-state index contributed by atoms with van der Waals surface area (Å²) in [7, 11) is -1.70. The van der Waals surface area contributed by atoms with Gasteiger partial charge in [-0.25, -0.2) is 9.97 Å². The molecule has 0 unspecified atom stereocenters. The molecule has 1 aromatic heterocycles. The summed E-state index contributed by atoms with van der Waals surface area (Å²) in [6.07, 6.45) is 3.44. The molecule has 1 saturated heterocycles. The molecule has 0 aliphatic carbocycles. The largest absolute Gasteiger partial charge is 0.634 e. The fourth-order valence-electron chi connectivity index (χ4n) is 1.70. The molecule has 1 aromatic rings. The maximum atomic E-state index is 8.59. The van der Waals surface area contributed by atoms with Crippen LogP contribution in [0.25, 0.3) is 0 Å². The highest BCUT2D eigenvalue weighted by atomic mass is 16.6. The van der Waals surface area contributed by atoms with Crippen LogP contribution in [0.15, 0.2) is 18.5 Å². The summed E-state index contributed by atoms with van der Waals surface area (Å²) in [5.41, 5.74) is 0. The standard InChI is InChI=1S/C9H15BN4O3/c15-10(16)17-8-13-4-6-14(7-5-13)9-11-2-1-3-12-9/h1-3,15-16H,4-8H2. The monoisotopic (exact) mass is 238 g/mol. The number of anilines is 1. The van der Waals surface area contributed by atoms with Crippen molar-refractivity contribution in [3.05, 3.63) is 18.5 Å². The zero-order valence-corrected chi connectivity index (χ0v) is 9.44. The van der Waals surface area contributed by atoms with Gasteiger partial charge in [0.1, 0.15) is 0 Å². The van der Waals surface area contributed by atoms with Gasteiger partial charge in [-0.05, 0) is 6.07 Å². The van der Waals surface area contributed by atoms with Gasteiger partial charge in [-0.3, -0.25) is 4.90 Å². The molecule has 8 heteroatoms. The van der Waals surface area contributed by atoms with Crippen LogP contribution in [0.2, 0.25) is 0 Å². The normalized spacial score (nSPS) is 17.2. The summed E-state index contributed by atoms with van der Waals surface area (Å²) in [4.78, 5) is 12.5. The molecule has 0 saturated carbocycles. The van der Waals surface area contributed by atoms with Crippen molar-refractivity contribution >= 4 is 13.3 Å². The van der Waals surface area contributed by atoms with Gasteiger partial charge in [-0.15, -0.1) is 0 Å². The highest BCUT2D eigenvalue weighted by molar-refractivity contribution is 6.32. The van der Waals surface area contributed by atoms with Gasteiger partial charge in [0.2, 0.25) is 5.95 Å². The molecule has 2 rings (SSSR count). The second kappa shape index (κ2) is 5.92. The highest BCUT2D eigenvalue weighted by Gasteiger charge is 2.20. The molecule has 2 N–H and O–H groups in total. The van der Waals surface area contributed by atoms with E-state index >= 15 is 0 Å². The van der Waals surface area contributed by atoms with Crippen LogP contribution in [0.1, 0.15) is 0 Å². The molecule has 17 heavy (non-hydrogen) atoms. The van der Waals surface area contributed by atoms with Gasteiger partial charge in [0.15, 0.2) is 0 Å². The Morgan fingerprint density at radius 1 is 1.18 bits per heavy atom. The molecule has 0 amide bonds. The fraction of sp³-hybridized carbons (Fsp3) is 0.556. The van der Waals surface area contributed by atoms with E-state index < -0.39 is 7.32 Å². The predicted molar refractivity (Wildman–Crippen MR) is 62.0 cm³/mol. The second-order valence-electron chi connectivity index (χ2n) is 3.78. The second-order valence-corrected chi connectivity index (χ2v) is 3.78. The predicted octanol–water partition coefficient (Wildman–Crippen LogP) is -1.46. The van der Waals surface area contributed by atoms with Gasteiger partial charge in [-0.1, -0.05) is 0 Å². The van der Waals surface area contributed by atoms with E-state index in [0.717, 1.165) is 32.1 Å². The lowest BCUT2D eigenvalue weighted by molar-refractivity contribution is 0.0757. The SMILES string of the molecule is OB(O)OCN1CCN(c2ncccn2)CC1. The Kier molecular flexibility index (Phi) is 4.26. The topological polar surface area (TPSA) is 82.0 Å². The van der Waals surface area contributed by atoms with E-state index in [9.17, 15) is 0 Å². The third kappa shape index (κ3) is 3.63. The van der Waals surface area contributed by atoms with E-state index in [2.05, 4.69) is 14.9 Å². The van der Waals surface area contributed by atoms with Crippen molar-refractivity contribution in [3.8, 4) is 0 Å². The van der Waals surface area contributed by atoms with Gasteiger partial charge in [0, 0.05) is 38.6 Å². The van der Waals surface area contributed by atoms with E-state index in [1.165, 1.54) is 0 Å². The maximum Gasteiger partial charge on any atom is 0.634 e. The molecule has 0 aromatic carbocycles. The molecular weight excluding hydrogens is 223 g/mol. The first-order valence-electron chi connectivity index (χ1n) is 5.48. The van der Waals surface area contributed by atoms with Crippen molar-refractivity contribution in [1.29, 1.82) is 0 Å². The lowest BCUT2D eigenvalue weighted by Gasteiger charge is -2.34. The van der Waals surface area contributed by atoms with Gasteiger partial charge in [0.05, 0.1) is 6.73 Å². The fourth-order valence-corrected chi connectivity index (χ4v) is 1.70. The van der Waals surface area contributed by atoms with Crippen LogP contribution in [0, 0.1) is 0 Å². The molecule has 7 nitrogen and oxygen atoms in total. The van der Waals surface area contributed by atoms with Crippen LogP contribution < -0.4 is 4.90 Å². The Labute approximate surface area is 99.8 Å². The molecular formula is C9H15BN4O3. The average molecular weight is 238 g/mol. The molecule has 0 spiro atoms. The molecule has 0 atom stereocenters. The van der Waals surface area contributed by atoms with Crippen LogP contribution in [0.4, 0.5) is 5.95 Å². The minimum atomic E-state index is -1.70. The third-order valence-electron chi connectivity index (χ3n) is 2.61. The average Bonchev–Trinajstić information content (AvgIpc) is 2.38. The zero-order chi connectivity index (χ0) is 12.1. The van der Waals surface area contributed by atoms with Crippen molar-refractivity contribution in [3.63, 3.8) is 0 Å². The van der Waals surface area contributed by atoms with Crippen molar-refractivity contribution in [1.82, 2.24) is 14.9 Å². The lowest BCUT2D eigenvalue weighted by Crippen LogP contribution is -2.48. The van der Waals surface area contributed by atoms with Crippen LogP contribution in [-0.2, 0) is 4.65 Å². The van der Waals surface area contributed by atoms with Crippen molar-refractivity contribution < 1.29 is 14.7 Å². The summed E-state index contributed by atoms with van der Waals surface area (Å²) < 4.78 is 4.71. The first-order valence-corrected chi connectivity index (χ1v) is 5.48. The maximum absolute atomic E-state index is 8.59. The first-order chi connectivity index (χ1) is 8.25. The van der Waals surface area contributed by atoms with Gasteiger partial charge in [0.25, 0.3) is 0 Å². The Morgan fingerprint density at radius 2 is 1.82 bits per heavy atom. The van der Waals surface area contributed by atoms with Gasteiger partial charge >= 0.3 is 7.32 Å². The smallest absolute Gasteiger partial charge is 0.402 e. The number of hydrogen-bond acceptors (Lipinski definition) is 7. The van der Waals surface area contributed by atoms with E-state index in [1.807, 2.05) is 4.90 Å². The third-order valence-corrected chi connectivity index (χ3v) is 2.61. The molecule has 1 fully saturated rings. The van der Waals surface area contributed by atoms with Crippen molar-refractivity contribution in [2.45, 2.75) is 0 Å². The van der Waals surface area contributed by atoms with E-state index in [4.69, 9.17) is 14.7 Å². The van der Waals surface area contributed by atoms with E-state index in [-0.39, 0.29) is 6.73 Å². The quantitative estimate of drug-likeness (QED) is 0.620. The summed E-state index contributed by atoms with van der Waals surface area (Å²) in [6, 6.07) is 1.79. The van der Waals surface area contributed by atoms with E-state index in [0.29, 0.717) is 0 Å². The minimum absolute atomic E-state index is 0.223. The summed E-state index contributed by atoms with van der Waals surface area (Å²) in [6.45, 7) is 3.39. The highest BCUT2D eigenvalue weighted by Crippen LogP contribution is 2.09. The van der Waals surface area contributed by atoms with E-state index in [1.54, 1.807) is 18.5 Å². The minimum Gasteiger partial charge on any atom is -0.402 e. The first kappa shape index (κ1) is 12.2. The lowest BCUT2D eigenvalue weighted by atomic mass is 10.3. The summed E-state index contributed by atoms with van der Waals surface area (Å²) >= 11 is 0. The molecule has 1 aliphatic heterocycles. The van der Waals surface area contributed by atoms with Crippen LogP contribution in [0.5, 0.6) is 0 Å². The molecule has 0 bridgehead atoms. The molecule has 92 valence electrons.